The van der Waals surface area contributed by atoms with Gasteiger partial charge in [-0.25, -0.2) is 4.79 Å². The van der Waals surface area contributed by atoms with Crippen molar-refractivity contribution < 1.29 is 14.3 Å². The Balaban J connectivity index is 1.53. The fraction of sp³-hybridized carbons (Fsp3) is 0.391. The maximum absolute atomic E-state index is 13.4. The van der Waals surface area contributed by atoms with Gasteiger partial charge in [0.05, 0.1) is 6.54 Å². The number of aryl methyl sites for hydroxylation is 3. The molecule has 1 aliphatic heterocycles. The summed E-state index contributed by atoms with van der Waals surface area (Å²) in [4.78, 5) is 27.4. The van der Waals surface area contributed by atoms with Crippen LogP contribution in [0, 0.1) is 13.8 Å². The summed E-state index contributed by atoms with van der Waals surface area (Å²) in [6.45, 7) is 4.51. The normalized spacial score (nSPS) is 21.4. The molecule has 1 N–H and O–H groups in total. The second-order valence-corrected chi connectivity index (χ2v) is 7.73. The highest BCUT2D eigenvalue weighted by atomic mass is 16.5. The third-order valence-corrected chi connectivity index (χ3v) is 5.87. The van der Waals surface area contributed by atoms with E-state index < -0.39 is 5.54 Å². The minimum absolute atomic E-state index is 0.156. The summed E-state index contributed by atoms with van der Waals surface area (Å²) in [5, 5.41) is 3.02. The van der Waals surface area contributed by atoms with Crippen molar-refractivity contribution in [2.75, 3.05) is 13.2 Å². The van der Waals surface area contributed by atoms with Gasteiger partial charge in [0, 0.05) is 0 Å². The number of amides is 3. The first-order valence-electron chi connectivity index (χ1n) is 9.94. The fourth-order valence-corrected chi connectivity index (χ4v) is 4.44. The Morgan fingerprint density at radius 2 is 1.79 bits per heavy atom. The van der Waals surface area contributed by atoms with E-state index in [0.29, 0.717) is 6.42 Å². The number of para-hydroxylation sites is 1. The number of benzene rings is 2. The first kappa shape index (κ1) is 18.5. The molecule has 0 unspecified atom stereocenters. The van der Waals surface area contributed by atoms with Crippen LogP contribution in [-0.2, 0) is 16.8 Å². The van der Waals surface area contributed by atoms with Crippen LogP contribution in [0.1, 0.15) is 41.5 Å². The summed E-state index contributed by atoms with van der Waals surface area (Å²) >= 11 is 0. The molecule has 5 nitrogen and oxygen atoms in total. The number of nitrogens with zero attached hydrogens (tertiary/aromatic N) is 1. The zero-order valence-corrected chi connectivity index (χ0v) is 16.5. The lowest BCUT2D eigenvalue weighted by Crippen LogP contribution is -2.44. The van der Waals surface area contributed by atoms with Gasteiger partial charge >= 0.3 is 6.03 Å². The summed E-state index contributed by atoms with van der Waals surface area (Å²) < 4.78 is 5.92. The van der Waals surface area contributed by atoms with E-state index in [4.69, 9.17) is 4.74 Å². The second-order valence-electron chi connectivity index (χ2n) is 7.73. The lowest BCUT2D eigenvalue weighted by molar-refractivity contribution is -0.132. The van der Waals surface area contributed by atoms with Gasteiger partial charge in [-0.1, -0.05) is 42.5 Å². The number of carbonyl (C=O) groups is 2. The predicted octanol–water partition coefficient (Wildman–Crippen LogP) is 3.86. The molecule has 1 saturated heterocycles. The number of ether oxygens (including phenoxy) is 1. The summed E-state index contributed by atoms with van der Waals surface area (Å²) in [5.41, 5.74) is 3.27. The van der Waals surface area contributed by atoms with Crippen LogP contribution in [-0.4, -0.2) is 30.0 Å². The Morgan fingerprint density at radius 1 is 1.04 bits per heavy atom. The number of rotatable bonds is 4. The molecule has 2 aromatic carbocycles. The number of urea groups is 1. The number of fused-ring (bicyclic) bond motifs is 2. The molecule has 1 aliphatic carbocycles. The van der Waals surface area contributed by atoms with Crippen LogP contribution in [0.2, 0.25) is 0 Å². The number of hydrogen-bond acceptors (Lipinski definition) is 3. The molecule has 0 radical (unpaired) electrons. The number of hydrogen-bond donors (Lipinski definition) is 1. The van der Waals surface area contributed by atoms with Crippen LogP contribution in [0.5, 0.6) is 5.75 Å². The lowest BCUT2D eigenvalue weighted by Gasteiger charge is -2.27. The van der Waals surface area contributed by atoms with Crippen LogP contribution < -0.4 is 10.1 Å². The van der Waals surface area contributed by atoms with Gasteiger partial charge in [0.1, 0.15) is 17.9 Å². The molecular weight excluding hydrogens is 352 g/mol. The largest absolute Gasteiger partial charge is 0.491 e. The van der Waals surface area contributed by atoms with E-state index in [0.717, 1.165) is 47.3 Å². The van der Waals surface area contributed by atoms with Crippen molar-refractivity contribution in [2.45, 2.75) is 45.1 Å². The van der Waals surface area contributed by atoms with E-state index in [-0.39, 0.29) is 25.1 Å². The van der Waals surface area contributed by atoms with Gasteiger partial charge in [-0.3, -0.25) is 9.69 Å². The average molecular weight is 378 g/mol. The third-order valence-electron chi connectivity index (χ3n) is 5.87. The van der Waals surface area contributed by atoms with Gasteiger partial charge in [-0.05, 0) is 61.8 Å². The van der Waals surface area contributed by atoms with Gasteiger partial charge in [0.25, 0.3) is 5.91 Å². The van der Waals surface area contributed by atoms with Crippen molar-refractivity contribution in [3.05, 3.63) is 64.7 Å². The summed E-state index contributed by atoms with van der Waals surface area (Å²) in [6, 6.07) is 13.6. The van der Waals surface area contributed by atoms with Crippen molar-refractivity contribution in [1.29, 1.82) is 0 Å². The molecule has 4 rings (SSSR count). The number of carbonyl (C=O) groups excluding carboxylic acids is 2. The molecule has 146 valence electrons. The average Bonchev–Trinajstić information content (AvgIpc) is 2.81. The number of imide groups is 1. The van der Waals surface area contributed by atoms with Gasteiger partial charge in [-0.2, -0.15) is 0 Å². The molecule has 1 atom stereocenters. The Bertz CT molecular complexity index is 904. The van der Waals surface area contributed by atoms with E-state index in [1.54, 1.807) is 0 Å². The molecule has 0 saturated carbocycles. The highest BCUT2D eigenvalue weighted by Crippen LogP contribution is 2.38. The van der Waals surface area contributed by atoms with Crippen LogP contribution in [0.4, 0.5) is 4.79 Å². The molecule has 28 heavy (non-hydrogen) atoms. The smallest absolute Gasteiger partial charge is 0.325 e. The standard InChI is InChI=1S/C23H26N2O3/c1-16-8-7-9-17(2)20(16)28-15-14-25-21(26)23(24-22(25)27)13-6-5-11-18-10-3-4-12-19(18)23/h3-4,7-10,12H,5-6,11,13-15H2,1-2H3,(H,24,27)/t23-/m1/s1. The highest BCUT2D eigenvalue weighted by Gasteiger charge is 2.53. The summed E-state index contributed by atoms with van der Waals surface area (Å²) in [5.74, 6) is 0.668. The van der Waals surface area contributed by atoms with E-state index in [2.05, 4.69) is 11.4 Å². The molecule has 3 amide bonds. The molecule has 1 heterocycles. The SMILES string of the molecule is Cc1cccc(C)c1OCCN1C(=O)N[C@@]2(CCCCc3ccccc32)C1=O. The molecule has 2 aromatic rings. The fourth-order valence-electron chi connectivity index (χ4n) is 4.44. The zero-order chi connectivity index (χ0) is 19.7. The molecule has 1 spiro atoms. The molecule has 0 bridgehead atoms. The molecule has 0 aromatic heterocycles. The Morgan fingerprint density at radius 3 is 2.57 bits per heavy atom. The van der Waals surface area contributed by atoms with E-state index >= 15 is 0 Å². The van der Waals surface area contributed by atoms with Crippen LogP contribution in [0.25, 0.3) is 0 Å². The Labute approximate surface area is 165 Å². The van der Waals surface area contributed by atoms with E-state index in [9.17, 15) is 9.59 Å². The predicted molar refractivity (Wildman–Crippen MR) is 107 cm³/mol. The molecule has 1 fully saturated rings. The van der Waals surface area contributed by atoms with Crippen molar-refractivity contribution in [3.63, 3.8) is 0 Å². The topological polar surface area (TPSA) is 58.6 Å². The van der Waals surface area contributed by atoms with Crippen molar-refractivity contribution in [2.24, 2.45) is 0 Å². The summed E-state index contributed by atoms with van der Waals surface area (Å²) in [6.07, 6.45) is 3.52. The van der Waals surface area contributed by atoms with Crippen molar-refractivity contribution in [3.8, 4) is 5.75 Å². The molecule has 5 heteroatoms. The first-order valence-corrected chi connectivity index (χ1v) is 9.94. The minimum atomic E-state index is -0.928. The quantitative estimate of drug-likeness (QED) is 0.822. The van der Waals surface area contributed by atoms with E-state index in [1.165, 1.54) is 4.90 Å². The maximum atomic E-state index is 13.4. The number of nitrogens with one attached hydrogen (secondary N) is 1. The van der Waals surface area contributed by atoms with Crippen LogP contribution >= 0.6 is 0 Å². The third kappa shape index (κ3) is 3.05. The van der Waals surface area contributed by atoms with Crippen LogP contribution in [0.3, 0.4) is 0 Å². The maximum Gasteiger partial charge on any atom is 0.325 e. The Hall–Kier alpha value is -2.82. The molecule has 2 aliphatic rings. The van der Waals surface area contributed by atoms with Gasteiger partial charge < -0.3 is 10.1 Å². The summed E-state index contributed by atoms with van der Waals surface area (Å²) in [7, 11) is 0. The first-order chi connectivity index (χ1) is 13.5. The van der Waals surface area contributed by atoms with Crippen LogP contribution in [0.15, 0.2) is 42.5 Å². The van der Waals surface area contributed by atoms with Crippen molar-refractivity contribution >= 4 is 11.9 Å². The molecular formula is C23H26N2O3. The van der Waals surface area contributed by atoms with Gasteiger partial charge in [0.2, 0.25) is 0 Å². The Kier molecular flexibility index (Phi) is 4.84. The van der Waals surface area contributed by atoms with Crippen molar-refractivity contribution in [1.82, 2.24) is 10.2 Å². The minimum Gasteiger partial charge on any atom is -0.491 e. The zero-order valence-electron chi connectivity index (χ0n) is 16.5. The second kappa shape index (κ2) is 7.30. The van der Waals surface area contributed by atoms with Gasteiger partial charge in [-0.15, -0.1) is 0 Å². The highest BCUT2D eigenvalue weighted by molar-refractivity contribution is 6.07. The van der Waals surface area contributed by atoms with Gasteiger partial charge in [0.15, 0.2) is 0 Å². The monoisotopic (exact) mass is 378 g/mol. The van der Waals surface area contributed by atoms with E-state index in [1.807, 2.05) is 50.2 Å². The lowest BCUT2D eigenvalue weighted by atomic mass is 9.84.